The highest BCUT2D eigenvalue weighted by Gasteiger charge is 2.62. The van der Waals surface area contributed by atoms with Crippen LogP contribution in [0.2, 0.25) is 0 Å². The summed E-state index contributed by atoms with van der Waals surface area (Å²) in [6.45, 7) is 0.785. The number of rotatable bonds is 0. The fourth-order valence-corrected chi connectivity index (χ4v) is 5.40. The molecule has 0 N–H and O–H groups in total. The lowest BCUT2D eigenvalue weighted by Crippen LogP contribution is -2.69. The fourth-order valence-electron chi connectivity index (χ4n) is 5.40. The van der Waals surface area contributed by atoms with Crippen molar-refractivity contribution in [3.63, 3.8) is 0 Å². The first-order chi connectivity index (χ1) is 14.0. The third-order valence-corrected chi connectivity index (χ3v) is 6.76. The van der Waals surface area contributed by atoms with Crippen LogP contribution in [0.1, 0.15) is 18.4 Å². The molecule has 0 aromatic heterocycles. The lowest BCUT2D eigenvalue weighted by molar-refractivity contribution is -0.158. The molecular weight excluding hydrogens is 366 g/mol. The van der Waals surface area contributed by atoms with Gasteiger partial charge in [0.05, 0.1) is 6.04 Å². The number of barbiturate groups is 1. The molecule has 4 amide bonds. The Hall–Kier alpha value is -3.15. The largest absolute Gasteiger partial charge is 0.366 e. The minimum Gasteiger partial charge on any atom is -0.366 e. The van der Waals surface area contributed by atoms with Gasteiger partial charge in [0.15, 0.2) is 5.41 Å². The molecule has 0 bridgehead atoms. The van der Waals surface area contributed by atoms with Gasteiger partial charge in [-0.2, -0.15) is 0 Å². The smallest absolute Gasteiger partial charge is 0.332 e. The van der Waals surface area contributed by atoms with E-state index in [2.05, 4.69) is 23.1 Å². The summed E-state index contributed by atoms with van der Waals surface area (Å²) >= 11 is 0. The highest BCUT2D eigenvalue weighted by molar-refractivity contribution is 6.20. The normalized spacial score (nSPS) is 22.9. The summed E-state index contributed by atoms with van der Waals surface area (Å²) in [5.41, 5.74) is 2.86. The third-order valence-electron chi connectivity index (χ3n) is 6.76. The molecular formula is C23H23N3O3. The number of para-hydroxylation sites is 1. The molecule has 29 heavy (non-hydrogen) atoms. The number of nitrogens with zero attached hydrogens (tertiary/aromatic N) is 3. The number of carbonyl (C=O) groups excluding carboxylic acids is 3. The van der Waals surface area contributed by atoms with E-state index in [1.54, 1.807) is 0 Å². The zero-order chi connectivity index (χ0) is 20.3. The van der Waals surface area contributed by atoms with Gasteiger partial charge in [-0.05, 0) is 36.5 Å². The van der Waals surface area contributed by atoms with Crippen LogP contribution in [0.5, 0.6) is 0 Å². The lowest BCUT2D eigenvalue weighted by atomic mass is 9.68. The minimum atomic E-state index is -1.31. The number of amides is 4. The summed E-state index contributed by atoms with van der Waals surface area (Å²) in [4.78, 5) is 44.2. The monoisotopic (exact) mass is 389 g/mol. The van der Waals surface area contributed by atoms with Gasteiger partial charge >= 0.3 is 6.03 Å². The topological polar surface area (TPSA) is 60.9 Å². The first-order valence-corrected chi connectivity index (χ1v) is 10.0. The predicted octanol–water partition coefficient (Wildman–Crippen LogP) is 2.92. The highest BCUT2D eigenvalue weighted by Crippen LogP contribution is 2.49. The van der Waals surface area contributed by atoms with Crippen LogP contribution in [0.25, 0.3) is 11.1 Å². The molecule has 3 heterocycles. The van der Waals surface area contributed by atoms with Crippen molar-refractivity contribution in [2.45, 2.75) is 25.3 Å². The second-order valence-electron chi connectivity index (χ2n) is 8.18. The van der Waals surface area contributed by atoms with E-state index in [1.807, 2.05) is 30.3 Å². The Morgan fingerprint density at radius 1 is 0.862 bits per heavy atom. The number of fused-ring (bicyclic) bond motifs is 6. The van der Waals surface area contributed by atoms with E-state index >= 15 is 0 Å². The van der Waals surface area contributed by atoms with Gasteiger partial charge in [0.2, 0.25) is 11.8 Å². The molecule has 6 nitrogen and oxygen atoms in total. The Balaban J connectivity index is 1.81. The Bertz CT molecular complexity index is 1020. The molecule has 0 saturated carbocycles. The van der Waals surface area contributed by atoms with E-state index in [0.717, 1.165) is 51.6 Å². The van der Waals surface area contributed by atoms with E-state index in [1.165, 1.54) is 14.1 Å². The Morgan fingerprint density at radius 3 is 2.21 bits per heavy atom. The van der Waals surface area contributed by atoms with Crippen LogP contribution in [-0.4, -0.2) is 54.3 Å². The van der Waals surface area contributed by atoms with Crippen LogP contribution in [0, 0.1) is 5.41 Å². The number of anilines is 1. The molecule has 2 saturated heterocycles. The highest BCUT2D eigenvalue weighted by atomic mass is 16.2. The SMILES string of the molecule is CN1C(=O)N(C)C(=O)C2(Cc3ccccc3-c3ccccc3N3CCCC32)C1=O. The average Bonchev–Trinajstić information content (AvgIpc) is 3.23. The van der Waals surface area contributed by atoms with Crippen molar-refractivity contribution in [3.8, 4) is 11.1 Å². The molecule has 1 atom stereocenters. The van der Waals surface area contributed by atoms with E-state index < -0.39 is 23.3 Å². The van der Waals surface area contributed by atoms with Crippen molar-refractivity contribution in [2.24, 2.45) is 5.41 Å². The van der Waals surface area contributed by atoms with Gasteiger partial charge in [0, 0.05) is 31.9 Å². The van der Waals surface area contributed by atoms with Gasteiger partial charge in [-0.25, -0.2) is 4.79 Å². The number of hydrogen-bond donors (Lipinski definition) is 0. The quantitative estimate of drug-likeness (QED) is 0.650. The van der Waals surface area contributed by atoms with Crippen molar-refractivity contribution >= 4 is 23.5 Å². The van der Waals surface area contributed by atoms with Crippen LogP contribution >= 0.6 is 0 Å². The third kappa shape index (κ3) is 2.26. The second-order valence-corrected chi connectivity index (χ2v) is 8.18. The molecule has 0 radical (unpaired) electrons. The minimum absolute atomic E-state index is 0.282. The number of carbonyl (C=O) groups is 3. The molecule has 2 aromatic rings. The number of hydrogen-bond acceptors (Lipinski definition) is 4. The summed E-state index contributed by atoms with van der Waals surface area (Å²) in [6.07, 6.45) is 1.93. The maximum absolute atomic E-state index is 13.6. The fraction of sp³-hybridized carbons (Fsp3) is 0.348. The molecule has 0 aliphatic carbocycles. The first kappa shape index (κ1) is 17.9. The zero-order valence-electron chi connectivity index (χ0n) is 16.6. The van der Waals surface area contributed by atoms with E-state index in [9.17, 15) is 14.4 Å². The molecule has 5 rings (SSSR count). The van der Waals surface area contributed by atoms with E-state index in [4.69, 9.17) is 0 Å². The van der Waals surface area contributed by atoms with E-state index in [0.29, 0.717) is 0 Å². The van der Waals surface area contributed by atoms with Gasteiger partial charge < -0.3 is 4.90 Å². The van der Waals surface area contributed by atoms with Crippen molar-refractivity contribution < 1.29 is 14.4 Å². The van der Waals surface area contributed by atoms with Crippen molar-refractivity contribution in [2.75, 3.05) is 25.5 Å². The summed E-state index contributed by atoms with van der Waals surface area (Å²) in [6, 6.07) is 15.3. The van der Waals surface area contributed by atoms with Crippen LogP contribution in [0.3, 0.4) is 0 Å². The molecule has 148 valence electrons. The Kier molecular flexibility index (Phi) is 3.81. The van der Waals surface area contributed by atoms with Crippen molar-refractivity contribution in [1.29, 1.82) is 0 Å². The Labute approximate surface area is 169 Å². The van der Waals surface area contributed by atoms with Gasteiger partial charge in [-0.1, -0.05) is 42.5 Å². The molecule has 2 fully saturated rings. The molecule has 1 unspecified atom stereocenters. The molecule has 2 aromatic carbocycles. The summed E-state index contributed by atoms with van der Waals surface area (Å²) in [7, 11) is 2.96. The van der Waals surface area contributed by atoms with Gasteiger partial charge in [-0.15, -0.1) is 0 Å². The predicted molar refractivity (Wildman–Crippen MR) is 109 cm³/mol. The number of benzene rings is 2. The molecule has 3 aliphatic heterocycles. The number of imide groups is 2. The second kappa shape index (κ2) is 6.17. The zero-order valence-corrected chi connectivity index (χ0v) is 16.6. The van der Waals surface area contributed by atoms with Gasteiger partial charge in [0.25, 0.3) is 0 Å². The first-order valence-electron chi connectivity index (χ1n) is 10.0. The molecule has 6 heteroatoms. The van der Waals surface area contributed by atoms with Crippen LogP contribution < -0.4 is 4.90 Å². The average molecular weight is 389 g/mol. The van der Waals surface area contributed by atoms with Crippen molar-refractivity contribution in [3.05, 3.63) is 54.1 Å². The maximum atomic E-state index is 13.6. The van der Waals surface area contributed by atoms with Gasteiger partial charge in [0.1, 0.15) is 0 Å². The summed E-state index contributed by atoms with van der Waals surface area (Å²) in [5, 5.41) is 0. The van der Waals surface area contributed by atoms with Crippen LogP contribution in [0.15, 0.2) is 48.5 Å². The number of urea groups is 1. The summed E-state index contributed by atoms with van der Waals surface area (Å²) in [5.74, 6) is -0.784. The molecule has 3 aliphatic rings. The summed E-state index contributed by atoms with van der Waals surface area (Å²) < 4.78 is 0. The maximum Gasteiger partial charge on any atom is 0.332 e. The van der Waals surface area contributed by atoms with Crippen molar-refractivity contribution in [1.82, 2.24) is 9.80 Å². The lowest BCUT2D eigenvalue weighted by Gasteiger charge is -2.49. The van der Waals surface area contributed by atoms with Crippen LogP contribution in [0.4, 0.5) is 10.5 Å². The van der Waals surface area contributed by atoms with E-state index in [-0.39, 0.29) is 12.5 Å². The van der Waals surface area contributed by atoms with Crippen LogP contribution in [-0.2, 0) is 16.0 Å². The standard InChI is InChI=1S/C23H23N3O3/c1-24-20(27)23(21(28)25(2)22(24)29)14-15-8-3-4-9-16(15)17-10-5-6-11-18(17)26-13-7-12-19(23)26/h3-6,8-11,19H,7,12-14H2,1-2H3. The Morgan fingerprint density at radius 2 is 1.48 bits per heavy atom. The van der Waals surface area contributed by atoms with Gasteiger partial charge in [-0.3, -0.25) is 19.4 Å². The molecule has 1 spiro atoms.